The van der Waals surface area contributed by atoms with Gasteiger partial charge in [0.25, 0.3) is 7.82 Å². The Morgan fingerprint density at radius 1 is 0.533 bits per heavy atom. The molecule has 0 saturated carbocycles. The van der Waals surface area contributed by atoms with E-state index in [1.165, 1.54) is 116 Å². The maximum Gasteiger partial charge on any atom is 0.306 e. The van der Waals surface area contributed by atoms with Crippen LogP contribution in [0.3, 0.4) is 0 Å². The van der Waals surface area contributed by atoms with Crippen molar-refractivity contribution in [1.82, 2.24) is 0 Å². The second-order valence-corrected chi connectivity index (χ2v) is 18.8. The lowest BCUT2D eigenvalue weighted by atomic mass is 10.1. The smallest absolute Gasteiger partial charge is 0.306 e. The molecule has 0 aromatic carbocycles. The van der Waals surface area contributed by atoms with E-state index in [4.69, 9.17) is 18.5 Å². The highest BCUT2D eigenvalue weighted by Crippen LogP contribution is 2.38. The Hall–Kier alpha value is -1.80. The Balaban J connectivity index is 4.20. The minimum atomic E-state index is -4.53. The first-order chi connectivity index (χ1) is 29.1. The second-order valence-electron chi connectivity index (χ2n) is 17.4. The summed E-state index contributed by atoms with van der Waals surface area (Å²) in [5, 5.41) is 0. The lowest BCUT2D eigenvalue weighted by Gasteiger charge is -2.28. The lowest BCUT2D eigenvalue weighted by Crippen LogP contribution is -2.37. The molecule has 2 unspecified atom stereocenters. The molecular weight excluding hydrogens is 770 g/mol. The summed E-state index contributed by atoms with van der Waals surface area (Å²) in [5.41, 5.74) is 0. The molecule has 0 heterocycles. The highest BCUT2D eigenvalue weighted by Gasteiger charge is 2.20. The van der Waals surface area contributed by atoms with Gasteiger partial charge >= 0.3 is 5.97 Å². The van der Waals surface area contributed by atoms with Crippen LogP contribution >= 0.6 is 7.82 Å². The van der Waals surface area contributed by atoms with Crippen molar-refractivity contribution in [2.75, 3.05) is 54.1 Å². The maximum absolute atomic E-state index is 12.7. The van der Waals surface area contributed by atoms with Crippen LogP contribution in [0.15, 0.2) is 60.8 Å². The predicted molar refractivity (Wildman–Crippen MR) is 254 cm³/mol. The average molecular weight is 864 g/mol. The first-order valence-electron chi connectivity index (χ1n) is 24.5. The number of carbonyl (C=O) groups excluding carboxylic acids is 1. The number of phosphoric ester groups is 1. The van der Waals surface area contributed by atoms with Gasteiger partial charge in [-0.05, 0) is 77.0 Å². The van der Waals surface area contributed by atoms with E-state index in [0.29, 0.717) is 24.1 Å². The summed E-state index contributed by atoms with van der Waals surface area (Å²) in [4.78, 5) is 25.1. The fourth-order valence-corrected chi connectivity index (χ4v) is 7.26. The minimum Gasteiger partial charge on any atom is -0.756 e. The molecule has 2 atom stereocenters. The van der Waals surface area contributed by atoms with Crippen molar-refractivity contribution in [2.45, 2.75) is 206 Å². The second kappa shape index (κ2) is 43.8. The Morgan fingerprint density at radius 3 is 1.47 bits per heavy atom. The van der Waals surface area contributed by atoms with Crippen LogP contribution in [0.5, 0.6) is 0 Å². The van der Waals surface area contributed by atoms with E-state index in [9.17, 15) is 14.3 Å². The standard InChI is InChI=1S/C51H94NO7P/c1-6-8-10-12-14-16-18-20-22-24-25-26-27-28-30-32-34-36-38-40-42-44-51(53)59-50(49-58-60(54,55)57-47-45-52(3,4)5)48-56-46-43-41-39-37-35-33-31-29-23-21-19-17-15-13-11-9-7-2/h8,10,14,16,20,22-23,25-26,29,50H,6-7,9,11-13,15,17-19,21,24,27-28,30-49H2,1-5H3/b10-8-,16-14-,22-20-,26-25-,29-23-. The molecule has 0 amide bonds. The average Bonchev–Trinajstić information content (AvgIpc) is 3.20. The molecule has 0 bridgehead atoms. The number of nitrogens with zero attached hydrogens (tertiary/aromatic N) is 1. The summed E-state index contributed by atoms with van der Waals surface area (Å²) in [6.07, 6.45) is 55.2. The summed E-state index contributed by atoms with van der Waals surface area (Å²) in [6, 6.07) is 0. The lowest BCUT2D eigenvalue weighted by molar-refractivity contribution is -0.870. The van der Waals surface area contributed by atoms with E-state index >= 15 is 0 Å². The number of hydrogen-bond acceptors (Lipinski definition) is 7. The molecule has 0 fully saturated rings. The molecule has 0 aliphatic heterocycles. The zero-order chi connectivity index (χ0) is 44.1. The van der Waals surface area contributed by atoms with Crippen molar-refractivity contribution in [2.24, 2.45) is 0 Å². The van der Waals surface area contributed by atoms with E-state index in [1.54, 1.807) is 0 Å². The SMILES string of the molecule is CC/C=C\C/C=C\C/C=C\C/C=C\CCCCCCCCCCC(=O)OC(COCCCCCCCC/C=C\CCCCCCCCC)COP(=O)([O-])OCC[N+](C)(C)C. The van der Waals surface area contributed by atoms with E-state index in [-0.39, 0.29) is 25.8 Å². The summed E-state index contributed by atoms with van der Waals surface area (Å²) >= 11 is 0. The number of ether oxygens (including phenoxy) is 2. The fraction of sp³-hybridized carbons (Fsp3) is 0.784. The number of rotatable bonds is 45. The van der Waals surface area contributed by atoms with Gasteiger partial charge < -0.3 is 27.9 Å². The molecule has 0 N–H and O–H groups in total. The topological polar surface area (TPSA) is 94.1 Å². The Morgan fingerprint density at radius 2 is 0.967 bits per heavy atom. The van der Waals surface area contributed by atoms with Gasteiger partial charge in [0.15, 0.2) is 0 Å². The molecule has 350 valence electrons. The van der Waals surface area contributed by atoms with E-state index in [1.807, 2.05) is 21.1 Å². The fourth-order valence-electron chi connectivity index (χ4n) is 6.53. The molecule has 0 saturated heterocycles. The van der Waals surface area contributed by atoms with Crippen LogP contribution in [0.1, 0.15) is 200 Å². The van der Waals surface area contributed by atoms with Gasteiger partial charge in [0.05, 0.1) is 34.4 Å². The van der Waals surface area contributed by atoms with Crippen molar-refractivity contribution >= 4 is 13.8 Å². The van der Waals surface area contributed by atoms with Gasteiger partial charge in [0, 0.05) is 13.0 Å². The summed E-state index contributed by atoms with van der Waals surface area (Å²) in [6.45, 7) is 5.28. The maximum atomic E-state index is 12.7. The quantitative estimate of drug-likeness (QED) is 0.0198. The number of esters is 1. The zero-order valence-electron chi connectivity index (χ0n) is 39.6. The van der Waals surface area contributed by atoms with E-state index in [0.717, 1.165) is 64.2 Å². The molecule has 0 aliphatic rings. The van der Waals surface area contributed by atoms with Gasteiger partial charge in [0.2, 0.25) is 0 Å². The van der Waals surface area contributed by atoms with Crippen molar-refractivity contribution < 1.29 is 37.3 Å². The van der Waals surface area contributed by atoms with Crippen LogP contribution in [-0.2, 0) is 27.9 Å². The van der Waals surface area contributed by atoms with Gasteiger partial charge in [-0.15, -0.1) is 0 Å². The number of carbonyl (C=O) groups is 1. The Labute approximate surface area is 370 Å². The number of quaternary nitrogens is 1. The van der Waals surface area contributed by atoms with Crippen molar-refractivity contribution in [3.8, 4) is 0 Å². The summed E-state index contributed by atoms with van der Waals surface area (Å²) < 4.78 is 34.7. The van der Waals surface area contributed by atoms with Crippen LogP contribution in [-0.4, -0.2) is 70.7 Å². The highest BCUT2D eigenvalue weighted by atomic mass is 31.2. The Kier molecular flexibility index (Phi) is 42.5. The first-order valence-corrected chi connectivity index (χ1v) is 26.0. The third-order valence-electron chi connectivity index (χ3n) is 10.3. The number of hydrogen-bond donors (Lipinski definition) is 0. The molecular formula is C51H94NO7P. The Bertz CT molecular complexity index is 1140. The number of phosphoric acid groups is 1. The van der Waals surface area contributed by atoms with Gasteiger partial charge in [0.1, 0.15) is 19.3 Å². The van der Waals surface area contributed by atoms with E-state index in [2.05, 4.69) is 74.6 Å². The van der Waals surface area contributed by atoms with Crippen molar-refractivity contribution in [1.29, 1.82) is 0 Å². The summed E-state index contributed by atoms with van der Waals surface area (Å²) in [5.74, 6) is -0.345. The monoisotopic (exact) mass is 864 g/mol. The van der Waals surface area contributed by atoms with Crippen LogP contribution in [0.4, 0.5) is 0 Å². The molecule has 0 aliphatic carbocycles. The molecule has 9 heteroatoms. The van der Waals surface area contributed by atoms with Gasteiger partial charge in [-0.1, -0.05) is 177 Å². The van der Waals surface area contributed by atoms with Crippen LogP contribution in [0, 0.1) is 0 Å². The molecule has 60 heavy (non-hydrogen) atoms. The molecule has 8 nitrogen and oxygen atoms in total. The molecule has 0 aromatic heterocycles. The van der Waals surface area contributed by atoms with Crippen molar-refractivity contribution in [3.05, 3.63) is 60.8 Å². The van der Waals surface area contributed by atoms with Gasteiger partial charge in [-0.3, -0.25) is 9.36 Å². The van der Waals surface area contributed by atoms with Crippen LogP contribution < -0.4 is 4.89 Å². The number of allylic oxidation sites excluding steroid dienone is 10. The molecule has 0 aromatic rings. The largest absolute Gasteiger partial charge is 0.756 e. The normalized spacial score (nSPS) is 14.2. The van der Waals surface area contributed by atoms with Crippen LogP contribution in [0.2, 0.25) is 0 Å². The zero-order valence-corrected chi connectivity index (χ0v) is 40.5. The molecule has 0 spiro atoms. The van der Waals surface area contributed by atoms with Gasteiger partial charge in [-0.2, -0.15) is 0 Å². The minimum absolute atomic E-state index is 0.0211. The molecule has 0 rings (SSSR count). The third kappa shape index (κ3) is 47.3. The highest BCUT2D eigenvalue weighted by molar-refractivity contribution is 7.45. The number of unbranched alkanes of at least 4 members (excludes halogenated alkanes) is 21. The molecule has 0 radical (unpaired) electrons. The summed E-state index contributed by atoms with van der Waals surface area (Å²) in [7, 11) is 1.34. The number of likely N-dealkylation sites (N-methyl/N-ethyl adjacent to an activating group) is 1. The van der Waals surface area contributed by atoms with Crippen molar-refractivity contribution in [3.63, 3.8) is 0 Å². The predicted octanol–water partition coefficient (Wildman–Crippen LogP) is 14.3. The first kappa shape index (κ1) is 58.2. The third-order valence-corrected chi connectivity index (χ3v) is 11.3. The van der Waals surface area contributed by atoms with E-state index < -0.39 is 13.9 Å². The van der Waals surface area contributed by atoms with Gasteiger partial charge in [-0.25, -0.2) is 0 Å². The van der Waals surface area contributed by atoms with Crippen LogP contribution in [0.25, 0.3) is 0 Å².